The van der Waals surface area contributed by atoms with Gasteiger partial charge in [0.1, 0.15) is 12.4 Å². The van der Waals surface area contributed by atoms with Crippen LogP contribution in [0.2, 0.25) is 0 Å². The van der Waals surface area contributed by atoms with E-state index in [-0.39, 0.29) is 17.9 Å². The van der Waals surface area contributed by atoms with Gasteiger partial charge in [-0.2, -0.15) is 0 Å². The van der Waals surface area contributed by atoms with Crippen LogP contribution in [0.25, 0.3) is 0 Å². The molecule has 1 unspecified atom stereocenters. The minimum atomic E-state index is -0.263. The van der Waals surface area contributed by atoms with Crippen molar-refractivity contribution in [3.05, 3.63) is 35.6 Å². The standard InChI is InChI=1S/C15H19FO3/c16-13-7-4-12(5-8-13)6-9-15(17)19-11-14-3-1-2-10-18-14/h4-5,7-8,14H,1-3,6,9-11H2. The van der Waals surface area contributed by atoms with Gasteiger partial charge in [0.05, 0.1) is 6.10 Å². The molecule has 0 radical (unpaired) electrons. The molecular formula is C15H19FO3. The fourth-order valence-corrected chi connectivity index (χ4v) is 2.09. The lowest BCUT2D eigenvalue weighted by atomic mass is 10.1. The largest absolute Gasteiger partial charge is 0.463 e. The number of hydrogen-bond donors (Lipinski definition) is 0. The topological polar surface area (TPSA) is 35.5 Å². The van der Waals surface area contributed by atoms with Crippen molar-refractivity contribution in [2.75, 3.05) is 13.2 Å². The van der Waals surface area contributed by atoms with Crippen LogP contribution in [-0.4, -0.2) is 25.3 Å². The Labute approximate surface area is 112 Å². The van der Waals surface area contributed by atoms with E-state index < -0.39 is 0 Å². The molecule has 1 aromatic carbocycles. The van der Waals surface area contributed by atoms with Crippen LogP contribution in [-0.2, 0) is 20.7 Å². The Balaban J connectivity index is 1.65. The molecule has 1 atom stereocenters. The first-order chi connectivity index (χ1) is 9.24. The normalized spacial score (nSPS) is 19.1. The van der Waals surface area contributed by atoms with Crippen LogP contribution >= 0.6 is 0 Å². The molecule has 0 spiro atoms. The van der Waals surface area contributed by atoms with Gasteiger partial charge < -0.3 is 9.47 Å². The second-order valence-corrected chi connectivity index (χ2v) is 4.80. The van der Waals surface area contributed by atoms with E-state index in [1.807, 2.05) is 0 Å². The number of ether oxygens (including phenoxy) is 2. The van der Waals surface area contributed by atoms with Crippen molar-refractivity contribution < 1.29 is 18.7 Å². The van der Waals surface area contributed by atoms with Crippen LogP contribution in [0.1, 0.15) is 31.2 Å². The highest BCUT2D eigenvalue weighted by Crippen LogP contribution is 2.13. The van der Waals surface area contributed by atoms with Gasteiger partial charge in [0, 0.05) is 13.0 Å². The third-order valence-corrected chi connectivity index (χ3v) is 3.24. The molecule has 19 heavy (non-hydrogen) atoms. The summed E-state index contributed by atoms with van der Waals surface area (Å²) < 4.78 is 23.4. The third-order valence-electron chi connectivity index (χ3n) is 3.24. The fraction of sp³-hybridized carbons (Fsp3) is 0.533. The lowest BCUT2D eigenvalue weighted by molar-refractivity contribution is -0.149. The van der Waals surface area contributed by atoms with E-state index in [4.69, 9.17) is 9.47 Å². The molecule has 4 heteroatoms. The third kappa shape index (κ3) is 4.99. The molecule has 1 fully saturated rings. The van der Waals surface area contributed by atoms with E-state index in [0.29, 0.717) is 19.4 Å². The first kappa shape index (κ1) is 14.0. The zero-order valence-electron chi connectivity index (χ0n) is 10.9. The van der Waals surface area contributed by atoms with E-state index in [1.54, 1.807) is 12.1 Å². The van der Waals surface area contributed by atoms with Gasteiger partial charge in [-0.15, -0.1) is 0 Å². The Kier molecular flexibility index (Phi) is 5.33. The molecule has 0 N–H and O–H groups in total. The van der Waals surface area contributed by atoms with Crippen molar-refractivity contribution in [1.29, 1.82) is 0 Å². The average molecular weight is 266 g/mol. The molecule has 1 aliphatic heterocycles. The summed E-state index contributed by atoms with van der Waals surface area (Å²) >= 11 is 0. The van der Waals surface area contributed by atoms with Gasteiger partial charge in [-0.25, -0.2) is 4.39 Å². The molecule has 0 amide bonds. The Hall–Kier alpha value is -1.42. The highest BCUT2D eigenvalue weighted by Gasteiger charge is 2.15. The molecule has 0 bridgehead atoms. The summed E-state index contributed by atoms with van der Waals surface area (Å²) in [4.78, 5) is 11.6. The molecule has 1 aliphatic rings. The molecule has 2 rings (SSSR count). The molecule has 1 saturated heterocycles. The smallest absolute Gasteiger partial charge is 0.306 e. The van der Waals surface area contributed by atoms with Crippen molar-refractivity contribution in [2.45, 2.75) is 38.2 Å². The number of rotatable bonds is 5. The summed E-state index contributed by atoms with van der Waals surface area (Å²) in [6, 6.07) is 6.17. The second-order valence-electron chi connectivity index (χ2n) is 4.80. The van der Waals surface area contributed by atoms with Gasteiger partial charge in [0.15, 0.2) is 0 Å². The molecule has 104 valence electrons. The molecule has 0 saturated carbocycles. The van der Waals surface area contributed by atoms with Crippen LogP contribution in [0.3, 0.4) is 0 Å². The maximum Gasteiger partial charge on any atom is 0.306 e. The first-order valence-electron chi connectivity index (χ1n) is 6.76. The predicted octanol–water partition coefficient (Wildman–Crippen LogP) is 2.87. The number of esters is 1. The monoisotopic (exact) mass is 266 g/mol. The van der Waals surface area contributed by atoms with Crippen LogP contribution in [0, 0.1) is 5.82 Å². The number of carbonyl (C=O) groups is 1. The highest BCUT2D eigenvalue weighted by atomic mass is 19.1. The first-order valence-corrected chi connectivity index (χ1v) is 6.76. The fourth-order valence-electron chi connectivity index (χ4n) is 2.09. The number of aryl methyl sites for hydroxylation is 1. The lowest BCUT2D eigenvalue weighted by Gasteiger charge is -2.22. The van der Waals surface area contributed by atoms with Crippen LogP contribution in [0.15, 0.2) is 24.3 Å². The SMILES string of the molecule is O=C(CCc1ccc(F)cc1)OCC1CCCCO1. The van der Waals surface area contributed by atoms with Crippen molar-refractivity contribution in [2.24, 2.45) is 0 Å². The van der Waals surface area contributed by atoms with Gasteiger partial charge in [0.2, 0.25) is 0 Å². The maximum absolute atomic E-state index is 12.7. The average Bonchev–Trinajstić information content (AvgIpc) is 2.45. The summed E-state index contributed by atoms with van der Waals surface area (Å²) in [5.74, 6) is -0.487. The number of benzene rings is 1. The van der Waals surface area contributed by atoms with E-state index in [2.05, 4.69) is 0 Å². The van der Waals surface area contributed by atoms with Gasteiger partial charge in [-0.3, -0.25) is 4.79 Å². The van der Waals surface area contributed by atoms with Gasteiger partial charge in [-0.05, 0) is 43.4 Å². The number of halogens is 1. The van der Waals surface area contributed by atoms with E-state index in [0.717, 1.165) is 31.4 Å². The number of hydrogen-bond acceptors (Lipinski definition) is 3. The van der Waals surface area contributed by atoms with Gasteiger partial charge in [0.25, 0.3) is 0 Å². The Bertz CT molecular complexity index is 396. The van der Waals surface area contributed by atoms with Crippen molar-refractivity contribution in [3.63, 3.8) is 0 Å². The second kappa shape index (κ2) is 7.24. The van der Waals surface area contributed by atoms with Crippen molar-refractivity contribution in [3.8, 4) is 0 Å². The van der Waals surface area contributed by atoms with E-state index in [9.17, 15) is 9.18 Å². The summed E-state index contributed by atoms with van der Waals surface area (Å²) in [7, 11) is 0. The summed E-state index contributed by atoms with van der Waals surface area (Å²) in [5.41, 5.74) is 0.937. The van der Waals surface area contributed by atoms with Crippen LogP contribution < -0.4 is 0 Å². The van der Waals surface area contributed by atoms with E-state index >= 15 is 0 Å². The highest BCUT2D eigenvalue weighted by molar-refractivity contribution is 5.69. The molecular weight excluding hydrogens is 247 g/mol. The molecule has 0 aliphatic carbocycles. The molecule has 0 aromatic heterocycles. The number of carbonyl (C=O) groups excluding carboxylic acids is 1. The van der Waals surface area contributed by atoms with E-state index in [1.165, 1.54) is 12.1 Å². The van der Waals surface area contributed by atoms with Crippen LogP contribution in [0.4, 0.5) is 4.39 Å². The molecule has 3 nitrogen and oxygen atoms in total. The van der Waals surface area contributed by atoms with Gasteiger partial charge in [-0.1, -0.05) is 12.1 Å². The molecule has 1 aromatic rings. The Morgan fingerprint density at radius 1 is 1.32 bits per heavy atom. The summed E-state index contributed by atoms with van der Waals surface area (Å²) in [6.45, 7) is 1.11. The summed E-state index contributed by atoms with van der Waals surface area (Å²) in [6.07, 6.45) is 4.14. The lowest BCUT2D eigenvalue weighted by Crippen LogP contribution is -2.26. The zero-order chi connectivity index (χ0) is 13.5. The van der Waals surface area contributed by atoms with Crippen LogP contribution in [0.5, 0.6) is 0 Å². The Morgan fingerprint density at radius 3 is 2.79 bits per heavy atom. The quantitative estimate of drug-likeness (QED) is 0.769. The predicted molar refractivity (Wildman–Crippen MR) is 69.3 cm³/mol. The maximum atomic E-state index is 12.7. The van der Waals surface area contributed by atoms with Crippen molar-refractivity contribution in [1.82, 2.24) is 0 Å². The minimum Gasteiger partial charge on any atom is -0.463 e. The Morgan fingerprint density at radius 2 is 2.11 bits per heavy atom. The minimum absolute atomic E-state index is 0.0588. The zero-order valence-corrected chi connectivity index (χ0v) is 10.9. The van der Waals surface area contributed by atoms with Crippen molar-refractivity contribution >= 4 is 5.97 Å². The summed E-state index contributed by atoms with van der Waals surface area (Å²) in [5, 5.41) is 0. The van der Waals surface area contributed by atoms with Gasteiger partial charge >= 0.3 is 5.97 Å². The molecule has 1 heterocycles.